The summed E-state index contributed by atoms with van der Waals surface area (Å²) in [4.78, 5) is 13.1. The molecule has 0 spiro atoms. The maximum Gasteiger partial charge on any atom is 0.270 e. The third-order valence-corrected chi connectivity index (χ3v) is 7.78. The number of ether oxygens (including phenoxy) is 1. The van der Waals surface area contributed by atoms with Gasteiger partial charge < -0.3 is 10.1 Å². The van der Waals surface area contributed by atoms with Gasteiger partial charge >= 0.3 is 0 Å². The van der Waals surface area contributed by atoms with Crippen LogP contribution in [0.4, 0.5) is 11.4 Å². The van der Waals surface area contributed by atoms with Gasteiger partial charge in [-0.1, -0.05) is 41.4 Å². The third kappa shape index (κ3) is 4.06. The van der Waals surface area contributed by atoms with Crippen LogP contribution in [-0.4, -0.2) is 21.3 Å². The van der Waals surface area contributed by atoms with Crippen LogP contribution in [0.25, 0.3) is 0 Å². The number of halogens is 1. The Morgan fingerprint density at radius 2 is 1.90 bits per heavy atom. The normalized spacial score (nSPS) is 16.3. The molecule has 6 nitrogen and oxygen atoms in total. The molecule has 0 fully saturated rings. The molecule has 0 radical (unpaired) electrons. The molecule has 0 saturated carbocycles. The van der Waals surface area contributed by atoms with Gasteiger partial charge in [-0.3, -0.25) is 9.10 Å². The van der Waals surface area contributed by atoms with Crippen LogP contribution < -0.4 is 14.4 Å². The fourth-order valence-electron chi connectivity index (χ4n) is 3.25. The van der Waals surface area contributed by atoms with Gasteiger partial charge in [0.1, 0.15) is 10.6 Å². The van der Waals surface area contributed by atoms with Crippen LogP contribution in [0, 0.1) is 6.92 Å². The first-order valence-corrected chi connectivity index (χ1v) is 12.0. The highest BCUT2D eigenvalue weighted by atomic mass is 35.5. The molecule has 1 aliphatic heterocycles. The van der Waals surface area contributed by atoms with Gasteiger partial charge in [-0.05, 0) is 42.1 Å². The van der Waals surface area contributed by atoms with Crippen molar-refractivity contribution >= 4 is 50.1 Å². The Kier molecular flexibility index (Phi) is 5.79. The quantitative estimate of drug-likeness (QED) is 0.514. The number of thiophene rings is 1. The summed E-state index contributed by atoms with van der Waals surface area (Å²) >= 11 is 7.27. The van der Waals surface area contributed by atoms with Crippen molar-refractivity contribution in [2.45, 2.75) is 13.5 Å². The van der Waals surface area contributed by atoms with E-state index in [1.54, 1.807) is 29.6 Å². The van der Waals surface area contributed by atoms with Gasteiger partial charge in [-0.25, -0.2) is 8.42 Å². The standard InChI is InChI=1S/C22H19ClN2O4S2/c1-14-3-5-15(6-4-14)13-25-18-9-10-30-22(18)21(26)20(31(25,27)28)12-24-17-11-16(23)7-8-19(17)29-2/h3-12,24H,13H2,1-2H3/b20-12-. The van der Waals surface area contributed by atoms with Crippen LogP contribution in [0.3, 0.4) is 0 Å². The lowest BCUT2D eigenvalue weighted by Crippen LogP contribution is -2.38. The van der Waals surface area contributed by atoms with Gasteiger partial charge in [0, 0.05) is 11.2 Å². The van der Waals surface area contributed by atoms with Gasteiger partial charge in [-0.15, -0.1) is 11.3 Å². The maximum atomic E-state index is 13.4. The fourth-order valence-corrected chi connectivity index (χ4v) is 5.91. The number of anilines is 2. The number of sulfonamides is 1. The van der Waals surface area contributed by atoms with Gasteiger partial charge in [0.2, 0.25) is 5.78 Å². The highest BCUT2D eigenvalue weighted by Crippen LogP contribution is 2.39. The van der Waals surface area contributed by atoms with Crippen molar-refractivity contribution in [2.24, 2.45) is 0 Å². The number of aryl methyl sites for hydroxylation is 1. The molecule has 1 aromatic heterocycles. The number of benzene rings is 2. The molecule has 0 atom stereocenters. The predicted molar refractivity (Wildman–Crippen MR) is 125 cm³/mol. The minimum absolute atomic E-state index is 0.122. The van der Waals surface area contributed by atoms with E-state index in [1.165, 1.54) is 29.0 Å². The largest absolute Gasteiger partial charge is 0.495 e. The molecule has 1 aliphatic rings. The number of ketones is 1. The van der Waals surface area contributed by atoms with E-state index in [0.717, 1.165) is 11.1 Å². The van der Waals surface area contributed by atoms with E-state index >= 15 is 0 Å². The first-order valence-electron chi connectivity index (χ1n) is 9.32. The van der Waals surface area contributed by atoms with E-state index < -0.39 is 15.8 Å². The van der Waals surface area contributed by atoms with E-state index in [-0.39, 0.29) is 11.4 Å². The molecule has 2 heterocycles. The summed E-state index contributed by atoms with van der Waals surface area (Å²) in [5.41, 5.74) is 2.75. The Labute approximate surface area is 189 Å². The summed E-state index contributed by atoms with van der Waals surface area (Å²) in [6.45, 7) is 2.09. The summed E-state index contributed by atoms with van der Waals surface area (Å²) in [6, 6.07) is 14.2. The molecule has 0 unspecified atom stereocenters. The van der Waals surface area contributed by atoms with Crippen molar-refractivity contribution in [3.05, 3.63) is 86.0 Å². The summed E-state index contributed by atoms with van der Waals surface area (Å²) in [7, 11) is -2.60. The molecule has 9 heteroatoms. The number of nitrogens with zero attached hydrogens (tertiary/aromatic N) is 1. The zero-order chi connectivity index (χ0) is 22.2. The van der Waals surface area contributed by atoms with Gasteiger partial charge in [-0.2, -0.15) is 0 Å². The summed E-state index contributed by atoms with van der Waals surface area (Å²) in [6.07, 6.45) is 1.21. The van der Waals surface area contributed by atoms with E-state index in [4.69, 9.17) is 16.3 Å². The minimum atomic E-state index is -4.09. The Morgan fingerprint density at radius 1 is 1.16 bits per heavy atom. The molecule has 0 bridgehead atoms. The summed E-state index contributed by atoms with van der Waals surface area (Å²) < 4.78 is 33.4. The molecule has 1 N–H and O–H groups in total. The molecule has 4 rings (SSSR count). The lowest BCUT2D eigenvalue weighted by atomic mass is 10.1. The first kappa shape index (κ1) is 21.4. The summed E-state index contributed by atoms with van der Waals surface area (Å²) in [5.74, 6) is -0.0751. The second-order valence-corrected chi connectivity index (χ2v) is 10.1. The van der Waals surface area contributed by atoms with Crippen LogP contribution in [-0.2, 0) is 16.6 Å². The van der Waals surface area contributed by atoms with Crippen LogP contribution in [0.5, 0.6) is 5.75 Å². The van der Waals surface area contributed by atoms with Gasteiger partial charge in [0.25, 0.3) is 10.0 Å². The molecule has 2 aromatic carbocycles. The van der Waals surface area contributed by atoms with Crippen LogP contribution in [0.2, 0.25) is 5.02 Å². The van der Waals surface area contributed by atoms with Gasteiger partial charge in [0.05, 0.1) is 25.0 Å². The Hall–Kier alpha value is -2.81. The number of fused-ring (bicyclic) bond motifs is 1. The lowest BCUT2D eigenvalue weighted by molar-refractivity contribution is 0.104. The number of Topliss-reactive ketones (excluding diaryl/α,β-unsaturated/α-hetero) is 1. The van der Waals surface area contributed by atoms with Gasteiger partial charge in [0.15, 0.2) is 4.91 Å². The topological polar surface area (TPSA) is 75.7 Å². The SMILES string of the molecule is COc1ccc(Cl)cc1N/C=C1/C(=O)c2sccc2N(Cc2ccc(C)cc2)S1(=O)=O. The molecule has 31 heavy (non-hydrogen) atoms. The lowest BCUT2D eigenvalue weighted by Gasteiger charge is -2.29. The number of hydrogen-bond acceptors (Lipinski definition) is 6. The van der Waals surface area contributed by atoms with Crippen LogP contribution in [0.15, 0.2) is 65.0 Å². The molecule has 160 valence electrons. The third-order valence-electron chi connectivity index (χ3n) is 4.88. The number of nitrogens with one attached hydrogen (secondary N) is 1. The smallest absolute Gasteiger partial charge is 0.270 e. The van der Waals surface area contributed by atoms with Crippen LogP contribution in [0.1, 0.15) is 20.8 Å². The highest BCUT2D eigenvalue weighted by Gasteiger charge is 2.41. The Morgan fingerprint density at radius 3 is 2.61 bits per heavy atom. The molecule has 3 aromatic rings. The Bertz CT molecular complexity index is 1280. The van der Waals surface area contributed by atoms with Crippen molar-refractivity contribution in [1.82, 2.24) is 0 Å². The number of carbonyl (C=O) groups is 1. The fraction of sp³-hybridized carbons (Fsp3) is 0.136. The van der Waals surface area contributed by atoms with Crippen molar-refractivity contribution < 1.29 is 17.9 Å². The van der Waals surface area contributed by atoms with Crippen molar-refractivity contribution in [1.29, 1.82) is 0 Å². The van der Waals surface area contributed by atoms with Crippen molar-refractivity contribution in [3.8, 4) is 5.75 Å². The van der Waals surface area contributed by atoms with E-state index in [2.05, 4.69) is 5.32 Å². The van der Waals surface area contributed by atoms with Crippen molar-refractivity contribution in [3.63, 3.8) is 0 Å². The minimum Gasteiger partial charge on any atom is -0.495 e. The number of rotatable bonds is 5. The molecule has 0 amide bonds. The predicted octanol–water partition coefficient (Wildman–Crippen LogP) is 5.20. The van der Waals surface area contributed by atoms with E-state index in [9.17, 15) is 13.2 Å². The molecular formula is C22H19ClN2O4S2. The average Bonchev–Trinajstić information content (AvgIpc) is 3.22. The summed E-state index contributed by atoms with van der Waals surface area (Å²) in [5, 5.41) is 5.05. The molecule has 0 saturated heterocycles. The van der Waals surface area contributed by atoms with Crippen LogP contribution >= 0.6 is 22.9 Å². The van der Waals surface area contributed by atoms with E-state index in [1.807, 2.05) is 31.2 Å². The average molecular weight is 475 g/mol. The number of methoxy groups -OCH3 is 1. The van der Waals surface area contributed by atoms with E-state index in [0.29, 0.717) is 27.0 Å². The molecule has 0 aliphatic carbocycles. The zero-order valence-corrected chi connectivity index (χ0v) is 19.1. The number of carbonyl (C=O) groups excluding carboxylic acids is 1. The second kappa shape index (κ2) is 8.37. The second-order valence-electron chi connectivity index (χ2n) is 6.96. The number of hydrogen-bond donors (Lipinski definition) is 1. The number of allylic oxidation sites excluding steroid dienone is 1. The molecular weight excluding hydrogens is 456 g/mol. The maximum absolute atomic E-state index is 13.4. The monoisotopic (exact) mass is 474 g/mol. The van der Waals surface area contributed by atoms with Crippen molar-refractivity contribution in [2.75, 3.05) is 16.7 Å². The zero-order valence-electron chi connectivity index (χ0n) is 16.8. The Balaban J connectivity index is 1.75. The highest BCUT2D eigenvalue weighted by molar-refractivity contribution is 7.97. The first-order chi connectivity index (χ1) is 14.8.